The van der Waals surface area contributed by atoms with Crippen molar-refractivity contribution in [2.75, 3.05) is 39.1 Å². The third kappa shape index (κ3) is 4.20. The Hall–Kier alpha value is -1.10. The molecular formula is C15H24N2O2. The third-order valence-electron chi connectivity index (χ3n) is 3.76. The fraction of sp³-hybridized carbons (Fsp3) is 0.600. The molecule has 1 fully saturated rings. The van der Waals surface area contributed by atoms with Crippen molar-refractivity contribution in [3.63, 3.8) is 0 Å². The summed E-state index contributed by atoms with van der Waals surface area (Å²) in [6.07, 6.45) is 1.96. The van der Waals surface area contributed by atoms with Gasteiger partial charge in [0.2, 0.25) is 0 Å². The first-order chi connectivity index (χ1) is 9.19. The van der Waals surface area contributed by atoms with Crippen molar-refractivity contribution in [3.05, 3.63) is 29.8 Å². The Morgan fingerprint density at radius 3 is 2.84 bits per heavy atom. The van der Waals surface area contributed by atoms with Crippen LogP contribution in [-0.4, -0.2) is 43.4 Å². The van der Waals surface area contributed by atoms with Gasteiger partial charge in [0.25, 0.3) is 0 Å². The lowest BCUT2D eigenvalue weighted by Crippen LogP contribution is -2.39. The van der Waals surface area contributed by atoms with Crippen LogP contribution in [0.1, 0.15) is 24.5 Å². The zero-order chi connectivity index (χ0) is 13.7. The van der Waals surface area contributed by atoms with Gasteiger partial charge in [-0.2, -0.15) is 0 Å². The van der Waals surface area contributed by atoms with Crippen LogP contribution in [0.15, 0.2) is 24.3 Å². The van der Waals surface area contributed by atoms with E-state index in [1.54, 1.807) is 7.11 Å². The lowest BCUT2D eigenvalue weighted by Gasteiger charge is -2.33. The first-order valence-electron chi connectivity index (χ1n) is 6.94. The van der Waals surface area contributed by atoms with Crippen LogP contribution in [-0.2, 0) is 4.74 Å². The highest BCUT2D eigenvalue weighted by molar-refractivity contribution is 5.39. The van der Waals surface area contributed by atoms with Gasteiger partial charge < -0.3 is 20.5 Å². The molecule has 4 heteroatoms. The standard InChI is InChI=1S/C15H24N2O2/c1-19-11-12-3-2-8-17(9-12)10-15(18)13-4-6-14(16)7-5-13/h4-7,12,15,18H,2-3,8-11,16H2,1H3. The van der Waals surface area contributed by atoms with Crippen molar-refractivity contribution < 1.29 is 9.84 Å². The van der Waals surface area contributed by atoms with E-state index in [2.05, 4.69) is 4.90 Å². The summed E-state index contributed by atoms with van der Waals surface area (Å²) in [5.74, 6) is 0.595. The Bertz CT molecular complexity index is 378. The molecule has 1 aliphatic rings. The minimum absolute atomic E-state index is 0.443. The average molecular weight is 264 g/mol. The molecule has 1 aromatic carbocycles. The molecule has 3 N–H and O–H groups in total. The second-order valence-electron chi connectivity index (χ2n) is 5.41. The highest BCUT2D eigenvalue weighted by Gasteiger charge is 2.22. The van der Waals surface area contributed by atoms with Gasteiger partial charge in [0, 0.05) is 25.9 Å². The zero-order valence-electron chi connectivity index (χ0n) is 11.6. The second kappa shape index (κ2) is 6.89. The van der Waals surface area contributed by atoms with Crippen molar-refractivity contribution in [2.24, 2.45) is 5.92 Å². The van der Waals surface area contributed by atoms with E-state index in [9.17, 15) is 5.11 Å². The maximum Gasteiger partial charge on any atom is 0.0916 e. The van der Waals surface area contributed by atoms with E-state index in [1.807, 2.05) is 24.3 Å². The molecule has 2 unspecified atom stereocenters. The number of piperidine rings is 1. The molecule has 2 rings (SSSR count). The predicted molar refractivity (Wildman–Crippen MR) is 76.9 cm³/mol. The van der Waals surface area contributed by atoms with Gasteiger partial charge in [-0.25, -0.2) is 0 Å². The normalized spacial score (nSPS) is 22.3. The van der Waals surface area contributed by atoms with Crippen LogP contribution in [0.2, 0.25) is 0 Å². The highest BCUT2D eigenvalue weighted by Crippen LogP contribution is 2.21. The monoisotopic (exact) mass is 264 g/mol. The van der Waals surface area contributed by atoms with Gasteiger partial charge >= 0.3 is 0 Å². The first kappa shape index (κ1) is 14.3. The van der Waals surface area contributed by atoms with E-state index in [1.165, 1.54) is 12.8 Å². The Morgan fingerprint density at radius 1 is 1.42 bits per heavy atom. The number of aliphatic hydroxyl groups is 1. The molecule has 0 aliphatic carbocycles. The summed E-state index contributed by atoms with van der Waals surface area (Å²) in [5.41, 5.74) is 7.32. The van der Waals surface area contributed by atoms with E-state index in [-0.39, 0.29) is 0 Å². The van der Waals surface area contributed by atoms with Crippen molar-refractivity contribution in [2.45, 2.75) is 18.9 Å². The van der Waals surface area contributed by atoms with Crippen LogP contribution in [0.4, 0.5) is 5.69 Å². The van der Waals surface area contributed by atoms with Gasteiger partial charge in [0.05, 0.1) is 12.7 Å². The zero-order valence-corrected chi connectivity index (χ0v) is 11.6. The molecule has 0 bridgehead atoms. The maximum absolute atomic E-state index is 10.3. The number of rotatable bonds is 5. The SMILES string of the molecule is COCC1CCCN(CC(O)c2ccc(N)cc2)C1. The average Bonchev–Trinajstić information content (AvgIpc) is 2.40. The van der Waals surface area contributed by atoms with E-state index in [0.717, 1.165) is 30.9 Å². The smallest absolute Gasteiger partial charge is 0.0916 e. The van der Waals surface area contributed by atoms with E-state index in [0.29, 0.717) is 12.5 Å². The molecule has 1 aromatic rings. The summed E-state index contributed by atoms with van der Waals surface area (Å²) >= 11 is 0. The Kier molecular flexibility index (Phi) is 5.19. The molecule has 106 valence electrons. The summed E-state index contributed by atoms with van der Waals surface area (Å²) in [4.78, 5) is 2.33. The summed E-state index contributed by atoms with van der Waals surface area (Å²) in [6, 6.07) is 7.47. The van der Waals surface area contributed by atoms with Crippen molar-refractivity contribution in [3.8, 4) is 0 Å². The number of hydrogen-bond acceptors (Lipinski definition) is 4. The summed E-state index contributed by atoms with van der Waals surface area (Å²) in [5, 5.41) is 10.3. The highest BCUT2D eigenvalue weighted by atomic mass is 16.5. The third-order valence-corrected chi connectivity index (χ3v) is 3.76. The van der Waals surface area contributed by atoms with Gasteiger partial charge in [-0.1, -0.05) is 12.1 Å². The molecule has 0 amide bonds. The second-order valence-corrected chi connectivity index (χ2v) is 5.41. The fourth-order valence-electron chi connectivity index (χ4n) is 2.76. The summed E-state index contributed by atoms with van der Waals surface area (Å²) in [7, 11) is 1.75. The van der Waals surface area contributed by atoms with Gasteiger partial charge in [-0.15, -0.1) is 0 Å². The van der Waals surface area contributed by atoms with Crippen molar-refractivity contribution in [1.29, 1.82) is 0 Å². The van der Waals surface area contributed by atoms with Gasteiger partial charge in [-0.3, -0.25) is 0 Å². The van der Waals surface area contributed by atoms with E-state index < -0.39 is 6.10 Å². The van der Waals surface area contributed by atoms with E-state index >= 15 is 0 Å². The molecule has 19 heavy (non-hydrogen) atoms. The lowest BCUT2D eigenvalue weighted by atomic mass is 9.98. The van der Waals surface area contributed by atoms with Crippen LogP contribution in [0, 0.1) is 5.92 Å². The number of benzene rings is 1. The predicted octanol–water partition coefficient (Wildman–Crippen LogP) is 1.66. The number of nitrogens with two attached hydrogens (primary N) is 1. The quantitative estimate of drug-likeness (QED) is 0.794. The number of β-amino-alcohol motifs (C(OH)–C–C–N with tert-alkyl or cyclic N) is 1. The summed E-state index contributed by atoms with van der Waals surface area (Å²) < 4.78 is 5.23. The van der Waals surface area contributed by atoms with Crippen molar-refractivity contribution >= 4 is 5.69 Å². The molecule has 1 heterocycles. The molecule has 0 aromatic heterocycles. The number of nitrogen functional groups attached to an aromatic ring is 1. The van der Waals surface area contributed by atoms with Crippen LogP contribution in [0.5, 0.6) is 0 Å². The first-order valence-corrected chi connectivity index (χ1v) is 6.94. The number of ether oxygens (including phenoxy) is 1. The van der Waals surface area contributed by atoms with Crippen molar-refractivity contribution in [1.82, 2.24) is 4.90 Å². The van der Waals surface area contributed by atoms with Gasteiger partial charge in [0.15, 0.2) is 0 Å². The lowest BCUT2D eigenvalue weighted by molar-refractivity contribution is 0.0563. The largest absolute Gasteiger partial charge is 0.399 e. The molecule has 2 atom stereocenters. The Morgan fingerprint density at radius 2 is 2.16 bits per heavy atom. The minimum atomic E-state index is -0.443. The number of aliphatic hydroxyl groups excluding tert-OH is 1. The number of methoxy groups -OCH3 is 1. The van der Waals surface area contributed by atoms with E-state index in [4.69, 9.17) is 10.5 Å². The maximum atomic E-state index is 10.3. The number of hydrogen-bond donors (Lipinski definition) is 2. The fourth-order valence-corrected chi connectivity index (χ4v) is 2.76. The number of nitrogens with zero attached hydrogens (tertiary/aromatic N) is 1. The molecule has 4 nitrogen and oxygen atoms in total. The summed E-state index contributed by atoms with van der Waals surface area (Å²) in [6.45, 7) is 3.57. The molecule has 0 radical (unpaired) electrons. The number of anilines is 1. The van der Waals surface area contributed by atoms with Crippen LogP contribution in [0.3, 0.4) is 0 Å². The molecule has 1 aliphatic heterocycles. The molecule has 0 spiro atoms. The van der Waals surface area contributed by atoms with Crippen LogP contribution >= 0.6 is 0 Å². The van der Waals surface area contributed by atoms with Gasteiger partial charge in [-0.05, 0) is 43.0 Å². The van der Waals surface area contributed by atoms with Crippen LogP contribution in [0.25, 0.3) is 0 Å². The topological polar surface area (TPSA) is 58.7 Å². The van der Waals surface area contributed by atoms with Crippen LogP contribution < -0.4 is 5.73 Å². The minimum Gasteiger partial charge on any atom is -0.399 e. The van der Waals surface area contributed by atoms with Gasteiger partial charge in [0.1, 0.15) is 0 Å². The Balaban J connectivity index is 1.87. The molecular weight excluding hydrogens is 240 g/mol. The molecule has 0 saturated carbocycles. The molecule has 1 saturated heterocycles. The Labute approximate surface area is 115 Å². The number of likely N-dealkylation sites (tertiary alicyclic amines) is 1.